The molecule has 0 amide bonds. The van der Waals surface area contributed by atoms with Crippen molar-refractivity contribution in [3.8, 4) is 11.1 Å². The Morgan fingerprint density at radius 3 is 1.64 bits per heavy atom. The minimum atomic E-state index is -0.845. The van der Waals surface area contributed by atoms with Crippen molar-refractivity contribution in [1.82, 2.24) is 0 Å². The molecular weight excluding hydrogens is 184 g/mol. The summed E-state index contributed by atoms with van der Waals surface area (Å²) in [5.41, 5.74) is 2.95. The molecule has 2 aromatic rings. The second-order valence-corrected chi connectivity index (χ2v) is 6.58. The van der Waals surface area contributed by atoms with E-state index in [0.717, 1.165) is 0 Å². The SMILES string of the molecule is C[SiH]1c2ccccc2-c2ccccc21. The topological polar surface area (TPSA) is 0 Å². The molecule has 2 aromatic carbocycles. The largest absolute Gasteiger partial charge is 0.101 e. The molecule has 3 rings (SSSR count). The lowest BCUT2D eigenvalue weighted by Gasteiger charge is -2.02. The minimum Gasteiger partial charge on any atom is -0.0641 e. The van der Waals surface area contributed by atoms with Gasteiger partial charge in [-0.15, -0.1) is 0 Å². The molecule has 0 radical (unpaired) electrons. The highest BCUT2D eigenvalue weighted by atomic mass is 28.3. The number of hydrogen-bond donors (Lipinski definition) is 0. The smallest absolute Gasteiger partial charge is 0.0641 e. The van der Waals surface area contributed by atoms with Crippen LogP contribution in [0.1, 0.15) is 0 Å². The van der Waals surface area contributed by atoms with Gasteiger partial charge in [0.1, 0.15) is 8.80 Å². The van der Waals surface area contributed by atoms with Gasteiger partial charge in [0, 0.05) is 0 Å². The quantitative estimate of drug-likeness (QED) is 0.562. The third kappa shape index (κ3) is 0.932. The van der Waals surface area contributed by atoms with E-state index in [0.29, 0.717) is 0 Å². The van der Waals surface area contributed by atoms with Gasteiger partial charge in [-0.2, -0.15) is 0 Å². The first kappa shape index (κ1) is 8.01. The number of fused-ring (bicyclic) bond motifs is 3. The lowest BCUT2D eigenvalue weighted by Crippen LogP contribution is -2.34. The van der Waals surface area contributed by atoms with Gasteiger partial charge in [-0.1, -0.05) is 65.5 Å². The molecule has 0 fully saturated rings. The molecular formula is C13H12Si. The monoisotopic (exact) mass is 196 g/mol. The van der Waals surface area contributed by atoms with E-state index < -0.39 is 8.80 Å². The van der Waals surface area contributed by atoms with Crippen LogP contribution in [0.25, 0.3) is 11.1 Å². The van der Waals surface area contributed by atoms with Gasteiger partial charge in [0.15, 0.2) is 0 Å². The third-order valence-corrected chi connectivity index (χ3v) is 6.02. The van der Waals surface area contributed by atoms with Crippen molar-refractivity contribution in [3.05, 3.63) is 48.5 Å². The fourth-order valence-corrected chi connectivity index (χ4v) is 4.98. The molecule has 1 aliphatic rings. The Kier molecular flexibility index (Phi) is 1.61. The van der Waals surface area contributed by atoms with Crippen LogP contribution in [0.15, 0.2) is 48.5 Å². The van der Waals surface area contributed by atoms with Gasteiger partial charge in [-0.3, -0.25) is 0 Å². The zero-order chi connectivity index (χ0) is 9.54. The molecule has 0 spiro atoms. The molecule has 14 heavy (non-hydrogen) atoms. The Labute approximate surface area is 85.8 Å². The third-order valence-electron chi connectivity index (χ3n) is 3.14. The second-order valence-electron chi connectivity index (χ2n) is 3.90. The molecule has 0 unspecified atom stereocenters. The summed E-state index contributed by atoms with van der Waals surface area (Å²) in [5.74, 6) is 0. The van der Waals surface area contributed by atoms with E-state index in [1.165, 1.54) is 11.1 Å². The van der Waals surface area contributed by atoms with Crippen LogP contribution in [-0.2, 0) is 0 Å². The van der Waals surface area contributed by atoms with Crippen molar-refractivity contribution in [2.45, 2.75) is 6.55 Å². The molecule has 0 N–H and O–H groups in total. The van der Waals surface area contributed by atoms with E-state index in [9.17, 15) is 0 Å². The Balaban J connectivity index is 2.36. The van der Waals surface area contributed by atoms with E-state index in [4.69, 9.17) is 0 Å². The Morgan fingerprint density at radius 1 is 0.714 bits per heavy atom. The van der Waals surface area contributed by atoms with Crippen LogP contribution in [0.5, 0.6) is 0 Å². The molecule has 0 atom stereocenters. The van der Waals surface area contributed by atoms with Gasteiger partial charge < -0.3 is 0 Å². The Morgan fingerprint density at radius 2 is 1.14 bits per heavy atom. The lowest BCUT2D eigenvalue weighted by molar-refractivity contribution is 1.71. The average Bonchev–Trinajstić information content (AvgIpc) is 2.55. The summed E-state index contributed by atoms with van der Waals surface area (Å²) in [4.78, 5) is 0. The molecule has 1 heterocycles. The fraction of sp³-hybridized carbons (Fsp3) is 0.0769. The van der Waals surface area contributed by atoms with Crippen molar-refractivity contribution >= 4 is 19.2 Å². The number of hydrogen-bond acceptors (Lipinski definition) is 0. The van der Waals surface area contributed by atoms with E-state index >= 15 is 0 Å². The first-order valence-electron chi connectivity index (χ1n) is 5.06. The molecule has 0 aliphatic carbocycles. The number of benzene rings is 2. The maximum atomic E-state index is 2.42. The van der Waals surface area contributed by atoms with E-state index in [1.54, 1.807) is 10.4 Å². The molecule has 0 aromatic heterocycles. The molecule has 1 aliphatic heterocycles. The molecule has 0 saturated heterocycles. The van der Waals surface area contributed by atoms with Gasteiger partial charge in [0.2, 0.25) is 0 Å². The summed E-state index contributed by atoms with van der Waals surface area (Å²) in [6.07, 6.45) is 0. The van der Waals surface area contributed by atoms with Crippen LogP contribution in [0.3, 0.4) is 0 Å². The minimum absolute atomic E-state index is 0.845. The van der Waals surface area contributed by atoms with Crippen LogP contribution in [-0.4, -0.2) is 8.80 Å². The Hall–Kier alpha value is -1.34. The predicted molar refractivity (Wildman–Crippen MR) is 64.2 cm³/mol. The van der Waals surface area contributed by atoms with Crippen LogP contribution in [0.4, 0.5) is 0 Å². The van der Waals surface area contributed by atoms with Crippen molar-refractivity contribution in [2.24, 2.45) is 0 Å². The molecule has 68 valence electrons. The van der Waals surface area contributed by atoms with E-state index in [2.05, 4.69) is 55.1 Å². The van der Waals surface area contributed by atoms with Gasteiger partial charge >= 0.3 is 0 Å². The molecule has 1 heteroatoms. The highest BCUT2D eigenvalue weighted by molar-refractivity contribution is 6.88. The van der Waals surface area contributed by atoms with E-state index in [1.807, 2.05) is 0 Å². The van der Waals surface area contributed by atoms with E-state index in [-0.39, 0.29) is 0 Å². The summed E-state index contributed by atoms with van der Waals surface area (Å²) in [6, 6.07) is 17.7. The fourth-order valence-electron chi connectivity index (χ4n) is 2.41. The second kappa shape index (κ2) is 2.82. The van der Waals surface area contributed by atoms with Crippen molar-refractivity contribution in [1.29, 1.82) is 0 Å². The van der Waals surface area contributed by atoms with Gasteiger partial charge in [-0.25, -0.2) is 0 Å². The summed E-state index contributed by atoms with van der Waals surface area (Å²) >= 11 is 0. The highest BCUT2D eigenvalue weighted by Crippen LogP contribution is 2.21. The standard InChI is InChI=1S/C13H12Si/c1-14-12-8-4-2-6-10(12)11-7-3-5-9-13(11)14/h2-9,14H,1H3. The van der Waals surface area contributed by atoms with Crippen LogP contribution in [0.2, 0.25) is 6.55 Å². The maximum absolute atomic E-state index is 2.42. The van der Waals surface area contributed by atoms with Crippen LogP contribution >= 0.6 is 0 Å². The normalized spacial score (nSPS) is 13.8. The highest BCUT2D eigenvalue weighted by Gasteiger charge is 2.24. The predicted octanol–water partition coefficient (Wildman–Crippen LogP) is 1.64. The van der Waals surface area contributed by atoms with Gasteiger partial charge in [-0.05, 0) is 11.1 Å². The van der Waals surface area contributed by atoms with Gasteiger partial charge in [0.05, 0.1) is 0 Å². The Bertz CT molecular complexity index is 443. The first-order chi connectivity index (χ1) is 6.88. The molecule has 0 nitrogen and oxygen atoms in total. The summed E-state index contributed by atoms with van der Waals surface area (Å²) < 4.78 is 0. The van der Waals surface area contributed by atoms with Gasteiger partial charge in [0.25, 0.3) is 0 Å². The number of rotatable bonds is 0. The lowest BCUT2D eigenvalue weighted by atomic mass is 10.1. The van der Waals surface area contributed by atoms with Crippen LogP contribution in [0, 0.1) is 0 Å². The summed E-state index contributed by atoms with van der Waals surface area (Å²) in [5, 5.41) is 3.21. The first-order valence-corrected chi connectivity index (χ1v) is 7.37. The zero-order valence-electron chi connectivity index (χ0n) is 8.20. The molecule has 0 bridgehead atoms. The van der Waals surface area contributed by atoms with Crippen LogP contribution < -0.4 is 10.4 Å². The maximum Gasteiger partial charge on any atom is 0.101 e. The van der Waals surface area contributed by atoms with Crippen molar-refractivity contribution in [2.75, 3.05) is 0 Å². The van der Waals surface area contributed by atoms with Crippen molar-refractivity contribution in [3.63, 3.8) is 0 Å². The molecule has 0 saturated carbocycles. The van der Waals surface area contributed by atoms with Crippen molar-refractivity contribution < 1.29 is 0 Å². The zero-order valence-corrected chi connectivity index (χ0v) is 9.35. The summed E-state index contributed by atoms with van der Waals surface area (Å²) in [6.45, 7) is 2.42. The summed E-state index contributed by atoms with van der Waals surface area (Å²) in [7, 11) is -0.845. The average molecular weight is 196 g/mol.